The summed E-state index contributed by atoms with van der Waals surface area (Å²) in [6.07, 6.45) is 2.39. The lowest BCUT2D eigenvalue weighted by atomic mass is 9.79. The van der Waals surface area contributed by atoms with E-state index in [4.69, 9.17) is 4.74 Å². The fraction of sp³-hybridized carbons (Fsp3) is 0.857. The van der Waals surface area contributed by atoms with Crippen molar-refractivity contribution in [3.05, 3.63) is 11.6 Å². The average molecular weight is 483 g/mol. The van der Waals surface area contributed by atoms with E-state index in [0.29, 0.717) is 24.7 Å². The number of cyclic esters (lactones) is 1. The van der Waals surface area contributed by atoms with Gasteiger partial charge in [-0.2, -0.15) is 0 Å². The molecular weight excluding hydrogens is 432 g/mol. The molecule has 198 valence electrons. The van der Waals surface area contributed by atoms with Gasteiger partial charge in [-0.15, -0.1) is 0 Å². The number of esters is 1. The van der Waals surface area contributed by atoms with Gasteiger partial charge in [-0.3, -0.25) is 9.59 Å². The fourth-order valence-electron chi connectivity index (χ4n) is 5.43. The van der Waals surface area contributed by atoms with Crippen LogP contribution in [0.25, 0.3) is 0 Å². The zero-order valence-electron chi connectivity index (χ0n) is 22.7. The average Bonchev–Trinajstić information content (AvgIpc) is 2.77. The molecule has 3 N–H and O–H groups in total. The second kappa shape index (κ2) is 14.4. The van der Waals surface area contributed by atoms with E-state index in [1.807, 2.05) is 20.8 Å². The zero-order valence-corrected chi connectivity index (χ0v) is 22.7. The van der Waals surface area contributed by atoms with Gasteiger partial charge in [-0.05, 0) is 44.4 Å². The third kappa shape index (κ3) is 9.43. The van der Waals surface area contributed by atoms with E-state index in [-0.39, 0.29) is 18.1 Å². The Morgan fingerprint density at radius 2 is 1.59 bits per heavy atom. The molecule has 1 unspecified atom stereocenters. The Hall–Kier alpha value is -1.24. The number of carbonyl (C=O) groups is 2. The molecule has 0 bridgehead atoms. The van der Waals surface area contributed by atoms with Crippen molar-refractivity contribution in [2.24, 2.45) is 35.5 Å². The first-order valence-electron chi connectivity index (χ1n) is 13.2. The molecule has 34 heavy (non-hydrogen) atoms. The van der Waals surface area contributed by atoms with Crippen molar-refractivity contribution < 1.29 is 29.6 Å². The largest absolute Gasteiger partial charge is 0.461 e. The Morgan fingerprint density at radius 3 is 2.18 bits per heavy atom. The lowest BCUT2D eigenvalue weighted by molar-refractivity contribution is -0.157. The lowest BCUT2D eigenvalue weighted by Gasteiger charge is -2.35. The Kier molecular flexibility index (Phi) is 13.0. The van der Waals surface area contributed by atoms with Gasteiger partial charge in [0.1, 0.15) is 18.3 Å². The van der Waals surface area contributed by atoms with Crippen molar-refractivity contribution in [3.63, 3.8) is 0 Å². The van der Waals surface area contributed by atoms with Gasteiger partial charge in [0.05, 0.1) is 18.3 Å². The molecule has 0 amide bonds. The predicted octanol–water partition coefficient (Wildman–Crippen LogP) is 4.69. The van der Waals surface area contributed by atoms with Crippen LogP contribution in [0, 0.1) is 35.5 Å². The summed E-state index contributed by atoms with van der Waals surface area (Å²) in [5.74, 6) is -1.34. The molecule has 6 heteroatoms. The summed E-state index contributed by atoms with van der Waals surface area (Å²) in [6.45, 7) is 15.5. The van der Waals surface area contributed by atoms with Gasteiger partial charge in [0.2, 0.25) is 0 Å². The molecule has 0 aliphatic carbocycles. The minimum atomic E-state index is -0.943. The van der Waals surface area contributed by atoms with Gasteiger partial charge in [-0.25, -0.2) is 0 Å². The molecule has 1 aliphatic rings. The van der Waals surface area contributed by atoms with Crippen LogP contribution in [0.3, 0.4) is 0 Å². The highest BCUT2D eigenvalue weighted by molar-refractivity contribution is 5.96. The highest BCUT2D eigenvalue weighted by atomic mass is 16.5. The highest BCUT2D eigenvalue weighted by Gasteiger charge is 2.37. The number of hydrogen-bond acceptors (Lipinski definition) is 6. The van der Waals surface area contributed by atoms with Gasteiger partial charge in [-0.1, -0.05) is 60.1 Å². The molecule has 0 aromatic carbocycles. The van der Waals surface area contributed by atoms with Crippen LogP contribution in [-0.2, 0) is 14.3 Å². The summed E-state index contributed by atoms with van der Waals surface area (Å²) < 4.78 is 5.76. The summed E-state index contributed by atoms with van der Waals surface area (Å²) >= 11 is 0. The van der Waals surface area contributed by atoms with Crippen LogP contribution < -0.4 is 0 Å². The maximum absolute atomic E-state index is 12.7. The first-order valence-corrected chi connectivity index (χ1v) is 13.2. The number of hydrogen-bond donors (Lipinski definition) is 3. The molecule has 1 rings (SSSR count). The predicted molar refractivity (Wildman–Crippen MR) is 135 cm³/mol. The molecule has 10 atom stereocenters. The molecule has 1 aliphatic heterocycles. The van der Waals surface area contributed by atoms with Crippen LogP contribution in [0.15, 0.2) is 11.6 Å². The Morgan fingerprint density at radius 1 is 0.971 bits per heavy atom. The molecule has 0 aromatic rings. The molecular formula is C28H50O6. The quantitative estimate of drug-likeness (QED) is 0.276. The summed E-state index contributed by atoms with van der Waals surface area (Å²) in [5, 5.41) is 31.9. The number of aliphatic hydroxyl groups is 3. The summed E-state index contributed by atoms with van der Waals surface area (Å²) in [6, 6.07) is 0. The summed E-state index contributed by atoms with van der Waals surface area (Å²) in [5.41, 5.74) is 1.22. The van der Waals surface area contributed by atoms with Crippen molar-refractivity contribution in [3.8, 4) is 0 Å². The highest BCUT2D eigenvalue weighted by Crippen LogP contribution is 2.30. The standard InChI is InChI=1S/C28H50O6/c1-9-23(29)20(6)27(32)22(8)28(33)21(7)25-11-10-16(2)12-17(3)13-18(4)14-19(5)24(30)15-26(31)34-25/h10,17-23,25,27-29,32-33H,9,11-15H2,1-8H3/b16-10-/t17-,18?,19+,20+,21-,22-,23-,25-,27+,28-/m0/s1. The second-order valence-electron chi connectivity index (χ2n) is 11.3. The van der Waals surface area contributed by atoms with Gasteiger partial charge in [0.15, 0.2) is 0 Å². The van der Waals surface area contributed by atoms with Crippen LogP contribution >= 0.6 is 0 Å². The third-order valence-corrected chi connectivity index (χ3v) is 7.85. The van der Waals surface area contributed by atoms with E-state index in [1.165, 1.54) is 5.57 Å². The smallest absolute Gasteiger partial charge is 0.313 e. The monoisotopic (exact) mass is 482 g/mol. The first-order chi connectivity index (χ1) is 15.8. The number of rotatable bonds is 7. The SMILES string of the molecule is CC[C@H](O)[C@@H](C)[C@@H](O)[C@H](C)[C@@H](O)[C@@H](C)[C@@H]1C/C=C(/C)C[C@H](C)CC(C)C[C@@H](C)C(=O)CC(=O)O1. The van der Waals surface area contributed by atoms with E-state index in [9.17, 15) is 24.9 Å². The Labute approximate surface area is 207 Å². The fourth-order valence-corrected chi connectivity index (χ4v) is 5.43. The van der Waals surface area contributed by atoms with Crippen LogP contribution in [0.1, 0.15) is 93.9 Å². The molecule has 0 radical (unpaired) electrons. The second-order valence-corrected chi connectivity index (χ2v) is 11.3. The third-order valence-electron chi connectivity index (χ3n) is 7.85. The van der Waals surface area contributed by atoms with E-state index in [1.54, 1.807) is 13.8 Å². The van der Waals surface area contributed by atoms with Crippen molar-refractivity contribution >= 4 is 11.8 Å². The molecule has 6 nitrogen and oxygen atoms in total. The number of Topliss-reactive ketones (excluding diaryl/α,β-unsaturated/α-hetero) is 1. The molecule has 0 fully saturated rings. The van der Waals surface area contributed by atoms with Gasteiger partial charge in [0.25, 0.3) is 0 Å². The zero-order chi connectivity index (χ0) is 26.2. The minimum absolute atomic E-state index is 0.105. The summed E-state index contributed by atoms with van der Waals surface area (Å²) in [4.78, 5) is 25.3. The van der Waals surface area contributed by atoms with Crippen LogP contribution in [0.4, 0.5) is 0 Å². The summed E-state index contributed by atoms with van der Waals surface area (Å²) in [7, 11) is 0. The van der Waals surface area contributed by atoms with Crippen molar-refractivity contribution in [2.45, 2.75) is 118 Å². The Balaban J connectivity index is 3.09. The van der Waals surface area contributed by atoms with Crippen LogP contribution in [-0.4, -0.2) is 51.5 Å². The maximum atomic E-state index is 12.7. The number of aliphatic hydroxyl groups excluding tert-OH is 3. The topological polar surface area (TPSA) is 104 Å². The molecule has 0 saturated carbocycles. The van der Waals surface area contributed by atoms with Crippen LogP contribution in [0.5, 0.6) is 0 Å². The number of ketones is 1. The van der Waals surface area contributed by atoms with E-state index in [0.717, 1.165) is 19.3 Å². The lowest BCUT2D eigenvalue weighted by Crippen LogP contribution is -2.44. The molecule has 0 aromatic heterocycles. The number of ether oxygens (including phenoxy) is 1. The van der Waals surface area contributed by atoms with Gasteiger partial charge in [0, 0.05) is 30.1 Å². The van der Waals surface area contributed by atoms with Crippen molar-refractivity contribution in [2.75, 3.05) is 0 Å². The van der Waals surface area contributed by atoms with Crippen molar-refractivity contribution in [1.29, 1.82) is 0 Å². The van der Waals surface area contributed by atoms with Gasteiger partial charge < -0.3 is 20.1 Å². The first kappa shape index (κ1) is 30.8. The maximum Gasteiger partial charge on any atom is 0.313 e. The van der Waals surface area contributed by atoms with E-state index < -0.39 is 48.1 Å². The minimum Gasteiger partial charge on any atom is -0.461 e. The van der Waals surface area contributed by atoms with Crippen LogP contribution in [0.2, 0.25) is 0 Å². The molecule has 1 heterocycles. The van der Waals surface area contributed by atoms with Gasteiger partial charge >= 0.3 is 5.97 Å². The number of carbonyl (C=O) groups excluding carboxylic acids is 2. The normalized spacial score (nSPS) is 32.9. The molecule has 0 saturated heterocycles. The Bertz CT molecular complexity index is 674. The van der Waals surface area contributed by atoms with E-state index >= 15 is 0 Å². The van der Waals surface area contributed by atoms with Crippen molar-refractivity contribution in [1.82, 2.24) is 0 Å². The van der Waals surface area contributed by atoms with E-state index in [2.05, 4.69) is 26.8 Å². The number of allylic oxidation sites excluding steroid dienone is 1. The molecule has 0 spiro atoms.